The first-order valence-corrected chi connectivity index (χ1v) is 6.39. The number of rotatable bonds is 4. The van der Waals surface area contributed by atoms with Gasteiger partial charge in [-0.25, -0.2) is 0 Å². The number of methoxy groups -OCH3 is 1. The van der Waals surface area contributed by atoms with Crippen molar-refractivity contribution in [1.82, 2.24) is 0 Å². The van der Waals surface area contributed by atoms with Gasteiger partial charge in [0.1, 0.15) is 0 Å². The minimum atomic E-state index is -0.186. The molecule has 0 aromatic heterocycles. The number of esters is 1. The van der Waals surface area contributed by atoms with Gasteiger partial charge in [-0.1, -0.05) is 60.2 Å². The van der Waals surface area contributed by atoms with Crippen molar-refractivity contribution in [1.29, 1.82) is 0 Å². The molecule has 0 saturated carbocycles. The largest absolute Gasteiger partial charge is 0.469 e. The van der Waals surface area contributed by atoms with E-state index in [1.165, 1.54) is 12.7 Å². The minimum Gasteiger partial charge on any atom is -0.469 e. The van der Waals surface area contributed by atoms with E-state index in [1.807, 2.05) is 30.3 Å². The van der Waals surface area contributed by atoms with Crippen LogP contribution in [0.2, 0.25) is 0 Å². The van der Waals surface area contributed by atoms with E-state index < -0.39 is 0 Å². The highest BCUT2D eigenvalue weighted by atomic mass is 16.5. The summed E-state index contributed by atoms with van der Waals surface area (Å²) in [6.45, 7) is 2.06. The molecular formula is C17H18O2. The Bertz CT molecular complexity index is 529. The van der Waals surface area contributed by atoms with Gasteiger partial charge in [0, 0.05) is 5.92 Å². The van der Waals surface area contributed by atoms with E-state index in [2.05, 4.69) is 31.2 Å². The summed E-state index contributed by atoms with van der Waals surface area (Å²) in [5.41, 5.74) is 3.49. The second-order valence-electron chi connectivity index (χ2n) is 4.65. The number of aryl methyl sites for hydroxylation is 1. The van der Waals surface area contributed by atoms with Crippen LogP contribution in [0, 0.1) is 6.92 Å². The fourth-order valence-electron chi connectivity index (χ4n) is 2.16. The van der Waals surface area contributed by atoms with Crippen molar-refractivity contribution < 1.29 is 9.53 Å². The fourth-order valence-corrected chi connectivity index (χ4v) is 2.16. The quantitative estimate of drug-likeness (QED) is 0.778. The van der Waals surface area contributed by atoms with Gasteiger partial charge in [-0.05, 0) is 18.1 Å². The number of hydrogen-bond acceptors (Lipinski definition) is 2. The Morgan fingerprint density at radius 2 is 1.58 bits per heavy atom. The Kier molecular flexibility index (Phi) is 4.35. The number of hydrogen-bond donors (Lipinski definition) is 0. The maximum Gasteiger partial charge on any atom is 0.306 e. The molecule has 0 aliphatic rings. The molecule has 19 heavy (non-hydrogen) atoms. The van der Waals surface area contributed by atoms with Crippen molar-refractivity contribution in [2.45, 2.75) is 19.3 Å². The van der Waals surface area contributed by atoms with Crippen LogP contribution in [0.4, 0.5) is 0 Å². The van der Waals surface area contributed by atoms with E-state index in [4.69, 9.17) is 4.74 Å². The van der Waals surface area contributed by atoms with Crippen LogP contribution >= 0.6 is 0 Å². The van der Waals surface area contributed by atoms with Crippen LogP contribution < -0.4 is 0 Å². The van der Waals surface area contributed by atoms with Gasteiger partial charge in [-0.2, -0.15) is 0 Å². The van der Waals surface area contributed by atoms with Crippen LogP contribution in [0.3, 0.4) is 0 Å². The Balaban J connectivity index is 2.34. The van der Waals surface area contributed by atoms with Crippen molar-refractivity contribution >= 4 is 5.97 Å². The van der Waals surface area contributed by atoms with E-state index in [0.717, 1.165) is 11.1 Å². The first-order valence-electron chi connectivity index (χ1n) is 6.39. The number of benzene rings is 2. The lowest BCUT2D eigenvalue weighted by atomic mass is 9.88. The summed E-state index contributed by atoms with van der Waals surface area (Å²) < 4.78 is 4.81. The predicted molar refractivity (Wildman–Crippen MR) is 76.1 cm³/mol. The van der Waals surface area contributed by atoms with Crippen molar-refractivity contribution in [2.75, 3.05) is 7.11 Å². The number of carbonyl (C=O) groups excluding carboxylic acids is 1. The maximum absolute atomic E-state index is 11.6. The van der Waals surface area contributed by atoms with Crippen LogP contribution in [0.1, 0.15) is 29.0 Å². The zero-order valence-electron chi connectivity index (χ0n) is 11.3. The topological polar surface area (TPSA) is 26.3 Å². The molecule has 0 spiro atoms. The average molecular weight is 254 g/mol. The van der Waals surface area contributed by atoms with Crippen molar-refractivity contribution in [3.8, 4) is 0 Å². The SMILES string of the molecule is COC(=O)CC(c1ccccc1)c1ccc(C)cc1. The monoisotopic (exact) mass is 254 g/mol. The molecule has 0 N–H and O–H groups in total. The molecule has 0 radical (unpaired) electrons. The third-order valence-corrected chi connectivity index (χ3v) is 3.28. The molecule has 0 aliphatic carbocycles. The van der Waals surface area contributed by atoms with E-state index in [9.17, 15) is 4.79 Å². The van der Waals surface area contributed by atoms with E-state index >= 15 is 0 Å². The first-order chi connectivity index (χ1) is 9.20. The maximum atomic E-state index is 11.6. The molecule has 0 heterocycles. The van der Waals surface area contributed by atoms with Gasteiger partial charge in [0.15, 0.2) is 0 Å². The van der Waals surface area contributed by atoms with E-state index in [-0.39, 0.29) is 11.9 Å². The van der Waals surface area contributed by atoms with Crippen molar-refractivity contribution in [3.05, 3.63) is 71.3 Å². The molecule has 0 fully saturated rings. The molecule has 2 aromatic carbocycles. The van der Waals surface area contributed by atoms with Crippen molar-refractivity contribution in [2.24, 2.45) is 0 Å². The van der Waals surface area contributed by atoms with Crippen molar-refractivity contribution in [3.63, 3.8) is 0 Å². The van der Waals surface area contributed by atoms with Crippen LogP contribution in [0.25, 0.3) is 0 Å². The molecule has 2 heteroatoms. The Morgan fingerprint density at radius 1 is 1.00 bits per heavy atom. The molecule has 2 nitrogen and oxygen atoms in total. The van der Waals surface area contributed by atoms with Gasteiger partial charge < -0.3 is 4.74 Å². The van der Waals surface area contributed by atoms with Crippen LogP contribution in [-0.4, -0.2) is 13.1 Å². The molecule has 1 unspecified atom stereocenters. The Morgan fingerprint density at radius 3 is 2.16 bits per heavy atom. The molecule has 0 amide bonds. The summed E-state index contributed by atoms with van der Waals surface area (Å²) in [6.07, 6.45) is 0.365. The normalized spacial score (nSPS) is 11.9. The van der Waals surface area contributed by atoms with Gasteiger partial charge >= 0.3 is 5.97 Å². The first kappa shape index (κ1) is 13.3. The molecule has 2 rings (SSSR count). The van der Waals surface area contributed by atoms with Gasteiger partial charge in [0.05, 0.1) is 13.5 Å². The summed E-state index contributed by atoms with van der Waals surface area (Å²) in [4.78, 5) is 11.6. The Hall–Kier alpha value is -2.09. The van der Waals surface area contributed by atoms with Crippen LogP contribution in [-0.2, 0) is 9.53 Å². The van der Waals surface area contributed by atoms with Gasteiger partial charge in [-0.3, -0.25) is 4.79 Å². The summed E-state index contributed by atoms with van der Waals surface area (Å²) in [7, 11) is 1.43. The van der Waals surface area contributed by atoms with Gasteiger partial charge in [-0.15, -0.1) is 0 Å². The zero-order valence-corrected chi connectivity index (χ0v) is 11.3. The highest BCUT2D eigenvalue weighted by Gasteiger charge is 2.18. The molecule has 0 aliphatic heterocycles. The molecule has 0 bridgehead atoms. The highest BCUT2D eigenvalue weighted by molar-refractivity contribution is 5.71. The lowest BCUT2D eigenvalue weighted by molar-refractivity contribution is -0.140. The van der Waals surface area contributed by atoms with Gasteiger partial charge in [0.2, 0.25) is 0 Å². The second-order valence-corrected chi connectivity index (χ2v) is 4.65. The third-order valence-electron chi connectivity index (χ3n) is 3.28. The molecule has 98 valence electrons. The fraction of sp³-hybridized carbons (Fsp3) is 0.235. The van der Waals surface area contributed by atoms with E-state index in [1.54, 1.807) is 0 Å². The lowest BCUT2D eigenvalue weighted by Crippen LogP contribution is -2.10. The zero-order chi connectivity index (χ0) is 13.7. The standard InChI is InChI=1S/C17H18O2/c1-13-8-10-15(11-9-13)16(12-17(18)19-2)14-6-4-3-5-7-14/h3-11,16H,12H2,1-2H3. The minimum absolute atomic E-state index is 0.0502. The smallest absolute Gasteiger partial charge is 0.306 e. The highest BCUT2D eigenvalue weighted by Crippen LogP contribution is 2.28. The molecule has 0 saturated heterocycles. The molecular weight excluding hydrogens is 236 g/mol. The lowest BCUT2D eigenvalue weighted by Gasteiger charge is -2.17. The summed E-state index contributed by atoms with van der Waals surface area (Å²) in [6, 6.07) is 18.4. The Labute approximate surface area is 114 Å². The molecule has 2 aromatic rings. The van der Waals surface area contributed by atoms with Crippen LogP contribution in [0.5, 0.6) is 0 Å². The predicted octanol–water partition coefficient (Wildman–Crippen LogP) is 3.69. The summed E-state index contributed by atoms with van der Waals surface area (Å²) in [5, 5.41) is 0. The number of carbonyl (C=O) groups is 1. The molecule has 1 atom stereocenters. The van der Waals surface area contributed by atoms with Gasteiger partial charge in [0.25, 0.3) is 0 Å². The number of ether oxygens (including phenoxy) is 1. The summed E-state index contributed by atoms with van der Waals surface area (Å²) in [5.74, 6) is -0.135. The van der Waals surface area contributed by atoms with Crippen LogP contribution in [0.15, 0.2) is 54.6 Å². The van der Waals surface area contributed by atoms with E-state index in [0.29, 0.717) is 6.42 Å². The average Bonchev–Trinajstić information content (AvgIpc) is 2.46. The third kappa shape index (κ3) is 3.44. The second kappa shape index (κ2) is 6.19. The summed E-state index contributed by atoms with van der Waals surface area (Å²) >= 11 is 0.